The Hall–Kier alpha value is -0.780. The van der Waals surface area contributed by atoms with E-state index in [1.807, 2.05) is 0 Å². The molecule has 0 nitrogen and oxygen atoms in total. The first-order valence-corrected chi connectivity index (χ1v) is 8.68. The van der Waals surface area contributed by atoms with Crippen LogP contribution in [0.3, 0.4) is 0 Å². The van der Waals surface area contributed by atoms with Crippen molar-refractivity contribution >= 4 is 0 Å². The van der Waals surface area contributed by atoms with E-state index < -0.39 is 0 Å². The normalized spacial score (nSPS) is 17.4. The fourth-order valence-corrected chi connectivity index (χ4v) is 3.38. The van der Waals surface area contributed by atoms with Crippen molar-refractivity contribution in [2.75, 3.05) is 0 Å². The molecule has 0 aromatic heterocycles. The van der Waals surface area contributed by atoms with Gasteiger partial charge in [0.2, 0.25) is 0 Å². The van der Waals surface area contributed by atoms with Gasteiger partial charge >= 0.3 is 0 Å². The number of rotatable bonds is 9. The second-order valence-corrected chi connectivity index (χ2v) is 6.53. The molecule has 0 amide bonds. The third-order valence-electron chi connectivity index (χ3n) is 5.38. The molecule has 4 atom stereocenters. The van der Waals surface area contributed by atoms with Crippen molar-refractivity contribution in [3.63, 3.8) is 0 Å². The first-order valence-electron chi connectivity index (χ1n) is 8.68. The van der Waals surface area contributed by atoms with Crippen LogP contribution in [0.15, 0.2) is 30.3 Å². The van der Waals surface area contributed by atoms with Crippen molar-refractivity contribution in [3.05, 3.63) is 35.9 Å². The lowest BCUT2D eigenvalue weighted by Gasteiger charge is -2.28. The third-order valence-corrected chi connectivity index (χ3v) is 5.38. The summed E-state index contributed by atoms with van der Waals surface area (Å²) in [6, 6.07) is 11.2. The number of hydrogen-bond donors (Lipinski definition) is 0. The highest BCUT2D eigenvalue weighted by molar-refractivity contribution is 5.20. The molecule has 20 heavy (non-hydrogen) atoms. The van der Waals surface area contributed by atoms with Crippen molar-refractivity contribution in [2.24, 2.45) is 17.8 Å². The van der Waals surface area contributed by atoms with Gasteiger partial charge in [0.25, 0.3) is 0 Å². The molecule has 1 aromatic rings. The van der Waals surface area contributed by atoms with Crippen LogP contribution in [-0.2, 0) is 0 Å². The lowest BCUT2D eigenvalue weighted by atomic mass is 9.78. The molecule has 114 valence electrons. The first kappa shape index (κ1) is 17.3. The van der Waals surface area contributed by atoms with Crippen LogP contribution in [0.5, 0.6) is 0 Å². The molecule has 0 saturated carbocycles. The topological polar surface area (TPSA) is 0 Å². The maximum absolute atomic E-state index is 2.43. The Morgan fingerprint density at radius 3 is 1.85 bits per heavy atom. The summed E-state index contributed by atoms with van der Waals surface area (Å²) < 4.78 is 0. The van der Waals surface area contributed by atoms with Gasteiger partial charge in [-0.05, 0) is 42.1 Å². The van der Waals surface area contributed by atoms with Gasteiger partial charge in [0.15, 0.2) is 0 Å². The predicted octanol–water partition coefficient (Wildman–Crippen LogP) is 6.67. The van der Waals surface area contributed by atoms with E-state index in [9.17, 15) is 0 Å². The summed E-state index contributed by atoms with van der Waals surface area (Å²) >= 11 is 0. The number of benzene rings is 1. The van der Waals surface area contributed by atoms with Gasteiger partial charge in [0, 0.05) is 0 Å². The second kappa shape index (κ2) is 9.21. The zero-order chi connectivity index (χ0) is 15.0. The SMILES string of the molecule is CCC(C)C(CC)CCC(c1ccccc1)C(C)CC. The summed E-state index contributed by atoms with van der Waals surface area (Å²) in [5, 5.41) is 0. The highest BCUT2D eigenvalue weighted by Crippen LogP contribution is 2.34. The van der Waals surface area contributed by atoms with Crippen LogP contribution in [0, 0.1) is 17.8 Å². The van der Waals surface area contributed by atoms with Crippen LogP contribution in [0.2, 0.25) is 0 Å². The summed E-state index contributed by atoms with van der Waals surface area (Å²) in [6.07, 6.45) is 6.66. The van der Waals surface area contributed by atoms with Gasteiger partial charge < -0.3 is 0 Å². The molecule has 0 fully saturated rings. The molecule has 0 spiro atoms. The van der Waals surface area contributed by atoms with E-state index in [-0.39, 0.29) is 0 Å². The molecule has 0 heterocycles. The zero-order valence-corrected chi connectivity index (χ0v) is 14.2. The predicted molar refractivity (Wildman–Crippen MR) is 91.1 cm³/mol. The summed E-state index contributed by atoms with van der Waals surface area (Å²) in [5.41, 5.74) is 1.54. The molecule has 0 radical (unpaired) electrons. The lowest BCUT2D eigenvalue weighted by molar-refractivity contribution is 0.286. The van der Waals surface area contributed by atoms with Crippen LogP contribution in [0.1, 0.15) is 78.2 Å². The summed E-state index contributed by atoms with van der Waals surface area (Å²) in [6.45, 7) is 11.9. The fourth-order valence-electron chi connectivity index (χ4n) is 3.38. The molecule has 0 saturated heterocycles. The van der Waals surface area contributed by atoms with E-state index in [0.717, 1.165) is 23.7 Å². The minimum Gasteiger partial charge on any atom is -0.0651 e. The smallest absolute Gasteiger partial charge is 0.0136 e. The lowest BCUT2D eigenvalue weighted by Crippen LogP contribution is -2.15. The molecular formula is C20H34. The Balaban J connectivity index is 2.71. The molecule has 0 aliphatic carbocycles. The number of hydrogen-bond acceptors (Lipinski definition) is 0. The maximum Gasteiger partial charge on any atom is -0.0136 e. The maximum atomic E-state index is 2.43. The van der Waals surface area contributed by atoms with Crippen molar-refractivity contribution in [3.8, 4) is 0 Å². The second-order valence-electron chi connectivity index (χ2n) is 6.53. The van der Waals surface area contributed by atoms with E-state index in [1.165, 1.54) is 32.1 Å². The Morgan fingerprint density at radius 2 is 1.35 bits per heavy atom. The standard InChI is InChI=1S/C20H34/c1-6-16(4)18(8-3)14-15-20(17(5)7-2)19-12-10-9-11-13-19/h9-13,16-18,20H,6-8,14-15H2,1-5H3. The van der Waals surface area contributed by atoms with E-state index in [0.29, 0.717) is 0 Å². The zero-order valence-electron chi connectivity index (χ0n) is 14.2. The largest absolute Gasteiger partial charge is 0.0651 e. The van der Waals surface area contributed by atoms with Gasteiger partial charge in [0.1, 0.15) is 0 Å². The van der Waals surface area contributed by atoms with Gasteiger partial charge in [-0.3, -0.25) is 0 Å². The van der Waals surface area contributed by atoms with E-state index in [2.05, 4.69) is 65.0 Å². The average molecular weight is 274 g/mol. The third kappa shape index (κ3) is 4.96. The van der Waals surface area contributed by atoms with Crippen molar-refractivity contribution in [1.82, 2.24) is 0 Å². The van der Waals surface area contributed by atoms with Crippen LogP contribution in [0.25, 0.3) is 0 Å². The molecule has 1 aromatic carbocycles. The molecule has 0 N–H and O–H groups in total. The minimum atomic E-state index is 0.735. The molecular weight excluding hydrogens is 240 g/mol. The summed E-state index contributed by atoms with van der Waals surface area (Å²) in [5.74, 6) is 3.29. The molecule has 0 heteroatoms. The van der Waals surface area contributed by atoms with Crippen molar-refractivity contribution < 1.29 is 0 Å². The highest BCUT2D eigenvalue weighted by Gasteiger charge is 2.21. The Bertz CT molecular complexity index is 340. The van der Waals surface area contributed by atoms with E-state index in [4.69, 9.17) is 0 Å². The van der Waals surface area contributed by atoms with E-state index in [1.54, 1.807) is 5.56 Å². The monoisotopic (exact) mass is 274 g/mol. The van der Waals surface area contributed by atoms with Crippen molar-refractivity contribution in [1.29, 1.82) is 0 Å². The van der Waals surface area contributed by atoms with Crippen LogP contribution >= 0.6 is 0 Å². The molecule has 4 unspecified atom stereocenters. The van der Waals surface area contributed by atoms with Gasteiger partial charge in [0.05, 0.1) is 0 Å². The highest BCUT2D eigenvalue weighted by atomic mass is 14.3. The minimum absolute atomic E-state index is 0.735. The van der Waals surface area contributed by atoms with Gasteiger partial charge in [-0.1, -0.05) is 84.2 Å². The average Bonchev–Trinajstić information content (AvgIpc) is 2.51. The summed E-state index contributed by atoms with van der Waals surface area (Å²) in [4.78, 5) is 0. The molecule has 0 aliphatic rings. The molecule has 0 aliphatic heterocycles. The summed E-state index contributed by atoms with van der Waals surface area (Å²) in [7, 11) is 0. The van der Waals surface area contributed by atoms with Crippen LogP contribution in [-0.4, -0.2) is 0 Å². The Kier molecular flexibility index (Phi) is 7.95. The Labute approximate surface area is 127 Å². The first-order chi connectivity index (χ1) is 9.63. The Morgan fingerprint density at radius 1 is 0.750 bits per heavy atom. The van der Waals surface area contributed by atoms with Gasteiger partial charge in [-0.2, -0.15) is 0 Å². The van der Waals surface area contributed by atoms with Gasteiger partial charge in [-0.25, -0.2) is 0 Å². The van der Waals surface area contributed by atoms with Gasteiger partial charge in [-0.15, -0.1) is 0 Å². The van der Waals surface area contributed by atoms with E-state index >= 15 is 0 Å². The quantitative estimate of drug-likeness (QED) is 0.472. The molecule has 1 rings (SSSR count). The fraction of sp³-hybridized carbons (Fsp3) is 0.700. The van der Waals surface area contributed by atoms with Crippen molar-refractivity contribution in [2.45, 2.75) is 72.6 Å². The van der Waals surface area contributed by atoms with Crippen LogP contribution < -0.4 is 0 Å². The molecule has 0 bridgehead atoms. The van der Waals surface area contributed by atoms with Crippen LogP contribution in [0.4, 0.5) is 0 Å².